The summed E-state index contributed by atoms with van der Waals surface area (Å²) in [6.07, 6.45) is 17.4. The molecule has 18 heavy (non-hydrogen) atoms. The molecule has 0 unspecified atom stereocenters. The summed E-state index contributed by atoms with van der Waals surface area (Å²) >= 11 is 12.5. The molecule has 0 aromatic heterocycles. The fourth-order valence-corrected chi connectivity index (χ4v) is 5.09. The molecule has 0 amide bonds. The van der Waals surface area contributed by atoms with E-state index in [4.69, 9.17) is 0 Å². The molecule has 0 saturated heterocycles. The van der Waals surface area contributed by atoms with Crippen LogP contribution in [0.3, 0.4) is 0 Å². The Bertz CT molecular complexity index is 474. The van der Waals surface area contributed by atoms with Crippen molar-refractivity contribution in [2.45, 2.75) is 0 Å². The lowest BCUT2D eigenvalue weighted by Crippen LogP contribution is -2.04. The highest BCUT2D eigenvalue weighted by atomic mass is 32.2. The molecule has 2 aliphatic carbocycles. The van der Waals surface area contributed by atoms with Crippen LogP contribution in [0.4, 0.5) is 0 Å². The van der Waals surface area contributed by atoms with Crippen LogP contribution in [0, 0.1) is 11.8 Å². The van der Waals surface area contributed by atoms with Gasteiger partial charge in [0.1, 0.15) is 0 Å². The number of thioether (sulfide) groups is 2. The molecule has 0 radical (unpaired) electrons. The van der Waals surface area contributed by atoms with Crippen LogP contribution in [0.25, 0.3) is 0 Å². The molecule has 92 valence electrons. The fraction of sp³-hybridized carbons (Fsp3) is 0.143. The Morgan fingerprint density at radius 1 is 0.667 bits per heavy atom. The summed E-state index contributed by atoms with van der Waals surface area (Å²) in [5.74, 6) is 0.784. The summed E-state index contributed by atoms with van der Waals surface area (Å²) < 4.78 is 2.00. The van der Waals surface area contributed by atoms with Gasteiger partial charge in [0.2, 0.25) is 0 Å². The quantitative estimate of drug-likeness (QED) is 0.677. The van der Waals surface area contributed by atoms with E-state index in [9.17, 15) is 0 Å². The third kappa shape index (κ3) is 2.44. The molecular weight excluding hydrogens is 296 g/mol. The summed E-state index contributed by atoms with van der Waals surface area (Å²) in [5.41, 5.74) is 0. The van der Waals surface area contributed by atoms with Crippen LogP contribution in [-0.2, 0) is 0 Å². The molecule has 0 atom stereocenters. The van der Waals surface area contributed by atoms with E-state index >= 15 is 0 Å². The Balaban J connectivity index is 1.99. The largest absolute Gasteiger partial charge is 0.135 e. The zero-order valence-corrected chi connectivity index (χ0v) is 12.9. The molecule has 0 saturated carbocycles. The minimum absolute atomic E-state index is 0.392. The Hall–Kier alpha value is -0.160. The smallest absolute Gasteiger partial charge is 0.0618 e. The van der Waals surface area contributed by atoms with Gasteiger partial charge in [0.15, 0.2) is 0 Å². The Labute approximate surface area is 127 Å². The number of allylic oxidation sites excluding steroid dienone is 10. The maximum atomic E-state index is 4.52. The molecule has 0 aromatic carbocycles. The highest BCUT2D eigenvalue weighted by Crippen LogP contribution is 2.54. The van der Waals surface area contributed by atoms with Crippen molar-refractivity contribution in [2.75, 3.05) is 0 Å². The van der Waals surface area contributed by atoms with Crippen molar-refractivity contribution in [3.8, 4) is 0 Å². The van der Waals surface area contributed by atoms with Crippen LogP contribution in [0.5, 0.6) is 0 Å². The van der Waals surface area contributed by atoms with Crippen LogP contribution < -0.4 is 0 Å². The normalized spacial score (nSPS) is 24.1. The molecule has 0 bridgehead atoms. The van der Waals surface area contributed by atoms with E-state index in [0.717, 1.165) is 8.47 Å². The molecule has 3 aliphatic rings. The van der Waals surface area contributed by atoms with E-state index in [2.05, 4.69) is 73.9 Å². The lowest BCUT2D eigenvalue weighted by Gasteiger charge is -2.25. The fourth-order valence-electron chi connectivity index (χ4n) is 2.07. The molecule has 0 fully saturated rings. The topological polar surface area (TPSA) is 0 Å². The van der Waals surface area contributed by atoms with Gasteiger partial charge < -0.3 is 0 Å². The van der Waals surface area contributed by atoms with Gasteiger partial charge in [-0.05, 0) is 0 Å². The first-order valence-corrected chi connectivity index (χ1v) is 8.20. The maximum absolute atomic E-state index is 4.52. The first-order valence-electron chi connectivity index (χ1n) is 5.67. The summed E-state index contributed by atoms with van der Waals surface area (Å²) in [7, 11) is 0. The van der Waals surface area contributed by atoms with Crippen molar-refractivity contribution in [1.82, 2.24) is 0 Å². The first kappa shape index (κ1) is 12.9. The molecule has 3 rings (SSSR count). The Kier molecular flexibility index (Phi) is 3.89. The van der Waals surface area contributed by atoms with Crippen molar-refractivity contribution in [3.05, 3.63) is 66.9 Å². The van der Waals surface area contributed by atoms with E-state index in [1.54, 1.807) is 23.5 Å². The second kappa shape index (κ2) is 5.45. The summed E-state index contributed by atoms with van der Waals surface area (Å²) in [6.45, 7) is 0. The number of hydrogen-bond donors (Lipinski definition) is 2. The predicted molar refractivity (Wildman–Crippen MR) is 90.7 cm³/mol. The van der Waals surface area contributed by atoms with Crippen LogP contribution in [0.2, 0.25) is 0 Å². The standard InChI is InChI=1S/C14H12S4/c15-13-14(16)18-12(10-7-3-4-8-10)11(17-13)9-5-1-2-6-9/h1-10,15-16H. The zero-order valence-electron chi connectivity index (χ0n) is 9.48. The summed E-state index contributed by atoms with van der Waals surface area (Å²) in [4.78, 5) is 2.77. The van der Waals surface area contributed by atoms with Gasteiger partial charge in [-0.3, -0.25) is 0 Å². The molecule has 1 aliphatic heterocycles. The molecular formula is C14H12S4. The van der Waals surface area contributed by atoms with E-state index < -0.39 is 0 Å². The molecule has 1 heterocycles. The lowest BCUT2D eigenvalue weighted by molar-refractivity contribution is 0.989. The van der Waals surface area contributed by atoms with Crippen molar-refractivity contribution >= 4 is 48.8 Å². The third-order valence-electron chi connectivity index (χ3n) is 2.94. The molecule has 0 aromatic rings. The van der Waals surface area contributed by atoms with Crippen LogP contribution in [0.15, 0.2) is 66.9 Å². The second-order valence-corrected chi connectivity index (χ2v) is 7.74. The van der Waals surface area contributed by atoms with Gasteiger partial charge in [-0.1, -0.05) is 72.1 Å². The van der Waals surface area contributed by atoms with Gasteiger partial charge in [0.05, 0.1) is 8.47 Å². The zero-order chi connectivity index (χ0) is 12.5. The van der Waals surface area contributed by atoms with E-state index in [-0.39, 0.29) is 0 Å². The van der Waals surface area contributed by atoms with Crippen molar-refractivity contribution < 1.29 is 0 Å². The Morgan fingerprint density at radius 3 is 1.33 bits per heavy atom. The first-order chi connectivity index (χ1) is 8.75. The van der Waals surface area contributed by atoms with Gasteiger partial charge in [-0.2, -0.15) is 0 Å². The van der Waals surface area contributed by atoms with Crippen molar-refractivity contribution in [1.29, 1.82) is 0 Å². The van der Waals surface area contributed by atoms with Crippen LogP contribution in [0.1, 0.15) is 0 Å². The molecule has 0 nitrogen and oxygen atoms in total. The van der Waals surface area contributed by atoms with E-state index in [1.165, 1.54) is 9.81 Å². The number of rotatable bonds is 2. The predicted octanol–water partition coefficient (Wildman–Crippen LogP) is 5.15. The molecule has 4 heteroatoms. The van der Waals surface area contributed by atoms with E-state index in [0.29, 0.717) is 11.8 Å². The highest BCUT2D eigenvalue weighted by molar-refractivity contribution is 8.25. The number of hydrogen-bond acceptors (Lipinski definition) is 4. The summed E-state index contributed by atoms with van der Waals surface area (Å²) in [5, 5.41) is 0. The van der Waals surface area contributed by atoms with Gasteiger partial charge in [-0.15, -0.1) is 25.3 Å². The van der Waals surface area contributed by atoms with Gasteiger partial charge in [-0.25, -0.2) is 0 Å². The maximum Gasteiger partial charge on any atom is 0.0618 e. The average Bonchev–Trinajstić information content (AvgIpc) is 3.02. The molecule has 0 spiro atoms. The monoisotopic (exact) mass is 308 g/mol. The van der Waals surface area contributed by atoms with Crippen molar-refractivity contribution in [2.24, 2.45) is 11.8 Å². The highest BCUT2D eigenvalue weighted by Gasteiger charge is 2.27. The van der Waals surface area contributed by atoms with Crippen molar-refractivity contribution in [3.63, 3.8) is 0 Å². The third-order valence-corrected chi connectivity index (χ3v) is 6.89. The molecule has 0 N–H and O–H groups in total. The minimum atomic E-state index is 0.392. The van der Waals surface area contributed by atoms with E-state index in [1.807, 2.05) is 0 Å². The average molecular weight is 309 g/mol. The van der Waals surface area contributed by atoms with Gasteiger partial charge in [0.25, 0.3) is 0 Å². The van der Waals surface area contributed by atoms with Crippen LogP contribution >= 0.6 is 48.8 Å². The van der Waals surface area contributed by atoms with Gasteiger partial charge in [0, 0.05) is 21.6 Å². The second-order valence-electron chi connectivity index (χ2n) is 4.13. The van der Waals surface area contributed by atoms with Crippen LogP contribution in [-0.4, -0.2) is 0 Å². The van der Waals surface area contributed by atoms with Gasteiger partial charge >= 0.3 is 0 Å². The number of thiol groups is 2. The summed E-state index contributed by atoms with van der Waals surface area (Å²) in [6, 6.07) is 0. The SMILES string of the molecule is SC1=C(S)SC(C2C=CC=C2)=C(C2C=CC=C2)S1. The lowest BCUT2D eigenvalue weighted by atomic mass is 10.1. The minimum Gasteiger partial charge on any atom is -0.135 e. The Morgan fingerprint density at radius 2 is 1.00 bits per heavy atom.